The first-order valence-electron chi connectivity index (χ1n) is 6.77. The van der Waals surface area contributed by atoms with Crippen LogP contribution >= 0.6 is 35.0 Å². The second-order valence-corrected chi connectivity index (χ2v) is 7.39. The largest absolute Gasteiger partial charge is 0.468 e. The zero-order valence-corrected chi connectivity index (χ0v) is 15.0. The summed E-state index contributed by atoms with van der Waals surface area (Å²) in [5.74, 6) is -0.245. The first kappa shape index (κ1) is 18.6. The van der Waals surface area contributed by atoms with Crippen molar-refractivity contribution in [1.29, 1.82) is 0 Å². The molecule has 1 aromatic rings. The molecule has 1 N–H and O–H groups in total. The van der Waals surface area contributed by atoms with E-state index >= 15 is 0 Å². The summed E-state index contributed by atoms with van der Waals surface area (Å²) in [5.41, 5.74) is -0.688. The molecule has 2 unspecified atom stereocenters. The van der Waals surface area contributed by atoms with Crippen molar-refractivity contribution in [3.05, 3.63) is 28.2 Å². The van der Waals surface area contributed by atoms with Crippen LogP contribution in [-0.4, -0.2) is 30.4 Å². The first-order chi connectivity index (χ1) is 9.82. The van der Waals surface area contributed by atoms with Crippen LogP contribution in [0, 0.1) is 0 Å². The van der Waals surface area contributed by atoms with Gasteiger partial charge in [0.2, 0.25) is 0 Å². The van der Waals surface area contributed by atoms with Gasteiger partial charge in [0.25, 0.3) is 0 Å². The predicted octanol–water partition coefficient (Wildman–Crippen LogP) is 4.41. The molecule has 118 valence electrons. The molecule has 0 fully saturated rings. The third-order valence-electron chi connectivity index (χ3n) is 3.13. The van der Waals surface area contributed by atoms with Gasteiger partial charge in [-0.15, -0.1) is 11.8 Å². The van der Waals surface area contributed by atoms with Crippen LogP contribution in [0.5, 0.6) is 0 Å². The molecule has 0 heterocycles. The second-order valence-electron chi connectivity index (χ2n) is 5.06. The third-order valence-corrected chi connectivity index (χ3v) is 4.96. The number of carbonyl (C=O) groups excluding carboxylic acids is 1. The van der Waals surface area contributed by atoms with Crippen molar-refractivity contribution in [3.8, 4) is 0 Å². The van der Waals surface area contributed by atoms with Crippen LogP contribution in [0.15, 0.2) is 23.1 Å². The lowest BCUT2D eigenvalue weighted by Crippen LogP contribution is -2.51. The lowest BCUT2D eigenvalue weighted by Gasteiger charge is -2.30. The second kappa shape index (κ2) is 8.28. The van der Waals surface area contributed by atoms with Gasteiger partial charge in [0.15, 0.2) is 0 Å². The van der Waals surface area contributed by atoms with E-state index in [0.717, 1.165) is 4.90 Å². The van der Waals surface area contributed by atoms with Gasteiger partial charge in [-0.2, -0.15) is 0 Å². The number of hydrogen-bond donors (Lipinski definition) is 1. The number of methoxy groups -OCH3 is 1. The molecule has 0 saturated carbocycles. The molecule has 0 aliphatic heterocycles. The molecule has 21 heavy (non-hydrogen) atoms. The molecule has 0 radical (unpaired) electrons. The maximum absolute atomic E-state index is 12.0. The number of thioether (sulfide) groups is 1. The number of carbonyl (C=O) groups is 1. The number of halogens is 2. The van der Waals surface area contributed by atoms with E-state index < -0.39 is 5.54 Å². The zero-order chi connectivity index (χ0) is 16.0. The van der Waals surface area contributed by atoms with E-state index in [9.17, 15) is 4.79 Å². The molecule has 0 saturated heterocycles. The van der Waals surface area contributed by atoms with Crippen LogP contribution in [0.25, 0.3) is 0 Å². The third kappa shape index (κ3) is 5.37. The summed E-state index contributed by atoms with van der Waals surface area (Å²) >= 11 is 13.6. The summed E-state index contributed by atoms with van der Waals surface area (Å²) in [6.07, 6.45) is 0.651. The number of likely N-dealkylation sites (N-methyl/N-ethyl adjacent to an activating group) is 1. The molecular formula is C15H21Cl2NO2S. The molecule has 3 nitrogen and oxygen atoms in total. The normalized spacial score (nSPS) is 15.3. The van der Waals surface area contributed by atoms with Crippen LogP contribution in [0.1, 0.15) is 27.2 Å². The van der Waals surface area contributed by atoms with Crippen molar-refractivity contribution in [2.45, 2.75) is 42.9 Å². The summed E-state index contributed by atoms with van der Waals surface area (Å²) in [6.45, 7) is 6.62. The van der Waals surface area contributed by atoms with E-state index in [-0.39, 0.29) is 11.2 Å². The minimum atomic E-state index is -0.688. The van der Waals surface area contributed by atoms with Crippen LogP contribution < -0.4 is 5.32 Å². The fraction of sp³-hybridized carbons (Fsp3) is 0.533. The molecule has 0 aromatic heterocycles. The highest BCUT2D eigenvalue weighted by molar-refractivity contribution is 8.00. The van der Waals surface area contributed by atoms with Gasteiger partial charge in [-0.1, -0.05) is 37.0 Å². The van der Waals surface area contributed by atoms with Gasteiger partial charge in [0, 0.05) is 10.1 Å². The van der Waals surface area contributed by atoms with Crippen molar-refractivity contribution in [1.82, 2.24) is 5.32 Å². The number of hydrogen-bond acceptors (Lipinski definition) is 4. The van der Waals surface area contributed by atoms with Gasteiger partial charge in [0.1, 0.15) is 5.54 Å². The highest BCUT2D eigenvalue weighted by Crippen LogP contribution is 2.33. The van der Waals surface area contributed by atoms with E-state index in [1.54, 1.807) is 17.8 Å². The number of nitrogens with one attached hydrogen (secondary N) is 1. The van der Waals surface area contributed by atoms with Crippen molar-refractivity contribution in [2.24, 2.45) is 0 Å². The summed E-state index contributed by atoms with van der Waals surface area (Å²) in [5, 5.41) is 4.51. The first-order valence-corrected chi connectivity index (χ1v) is 8.41. The Bertz CT molecular complexity index is 499. The minimum absolute atomic E-state index is 0.213. The zero-order valence-electron chi connectivity index (χ0n) is 12.7. The average Bonchev–Trinajstić information content (AvgIpc) is 2.42. The standard InChI is InChI=1S/C15H21Cl2NO2S/c1-5-18-15(3,14(19)20-4)9-10(2)21-11-6-7-12(16)13(17)8-11/h6-8,10,18H,5,9H2,1-4H3. The van der Waals surface area contributed by atoms with Crippen molar-refractivity contribution < 1.29 is 9.53 Å². The molecule has 0 bridgehead atoms. The molecule has 2 atom stereocenters. The monoisotopic (exact) mass is 349 g/mol. The van der Waals surface area contributed by atoms with Crippen molar-refractivity contribution in [2.75, 3.05) is 13.7 Å². The Kier molecular flexibility index (Phi) is 7.34. The molecule has 0 aliphatic rings. The van der Waals surface area contributed by atoms with E-state index in [1.807, 2.05) is 26.0 Å². The Morgan fingerprint density at radius 2 is 2.10 bits per heavy atom. The Morgan fingerprint density at radius 3 is 2.62 bits per heavy atom. The Balaban J connectivity index is 2.75. The maximum atomic E-state index is 12.0. The highest BCUT2D eigenvalue weighted by Gasteiger charge is 2.35. The van der Waals surface area contributed by atoms with Gasteiger partial charge in [-0.05, 0) is 38.1 Å². The van der Waals surface area contributed by atoms with Gasteiger partial charge >= 0.3 is 5.97 Å². The van der Waals surface area contributed by atoms with E-state index in [0.29, 0.717) is 23.0 Å². The lowest BCUT2D eigenvalue weighted by atomic mass is 9.96. The molecule has 0 aliphatic carbocycles. The molecule has 0 amide bonds. The summed E-state index contributed by atoms with van der Waals surface area (Å²) < 4.78 is 4.90. The van der Waals surface area contributed by atoms with Crippen molar-refractivity contribution in [3.63, 3.8) is 0 Å². The van der Waals surface area contributed by atoms with Crippen LogP contribution in [0.4, 0.5) is 0 Å². The topological polar surface area (TPSA) is 38.3 Å². The highest BCUT2D eigenvalue weighted by atomic mass is 35.5. The smallest absolute Gasteiger partial charge is 0.325 e. The van der Waals surface area contributed by atoms with Gasteiger partial charge in [-0.3, -0.25) is 4.79 Å². The molecule has 6 heteroatoms. The lowest BCUT2D eigenvalue weighted by molar-refractivity contribution is -0.148. The van der Waals surface area contributed by atoms with Crippen LogP contribution in [0.3, 0.4) is 0 Å². The Hall–Kier alpha value is -0.420. The van der Waals surface area contributed by atoms with E-state index in [2.05, 4.69) is 12.2 Å². The van der Waals surface area contributed by atoms with E-state index in [4.69, 9.17) is 27.9 Å². The van der Waals surface area contributed by atoms with Crippen molar-refractivity contribution >= 4 is 40.9 Å². The fourth-order valence-electron chi connectivity index (χ4n) is 2.24. The Morgan fingerprint density at radius 1 is 1.43 bits per heavy atom. The molecule has 1 rings (SSSR count). The van der Waals surface area contributed by atoms with Crippen LogP contribution in [-0.2, 0) is 9.53 Å². The number of benzene rings is 1. The van der Waals surface area contributed by atoms with Gasteiger partial charge < -0.3 is 10.1 Å². The average molecular weight is 350 g/mol. The van der Waals surface area contributed by atoms with E-state index in [1.165, 1.54) is 7.11 Å². The molecule has 1 aromatic carbocycles. The Labute approximate surface area is 140 Å². The number of esters is 1. The quantitative estimate of drug-likeness (QED) is 0.584. The molecule has 0 spiro atoms. The number of rotatable bonds is 7. The van der Waals surface area contributed by atoms with Crippen LogP contribution in [0.2, 0.25) is 10.0 Å². The fourth-order valence-corrected chi connectivity index (χ4v) is 3.82. The molecular weight excluding hydrogens is 329 g/mol. The predicted molar refractivity (Wildman–Crippen MR) is 90.5 cm³/mol. The van der Waals surface area contributed by atoms with Gasteiger partial charge in [-0.25, -0.2) is 0 Å². The SMILES string of the molecule is CCNC(C)(CC(C)Sc1ccc(Cl)c(Cl)c1)C(=O)OC. The maximum Gasteiger partial charge on any atom is 0.325 e. The number of ether oxygens (including phenoxy) is 1. The summed E-state index contributed by atoms with van der Waals surface area (Å²) in [7, 11) is 1.41. The minimum Gasteiger partial charge on any atom is -0.468 e. The van der Waals surface area contributed by atoms with Gasteiger partial charge in [0.05, 0.1) is 17.2 Å². The summed E-state index contributed by atoms with van der Waals surface area (Å²) in [6, 6.07) is 5.55. The summed E-state index contributed by atoms with van der Waals surface area (Å²) in [4.78, 5) is 13.0.